The molecule has 3 aromatic carbocycles. The number of ether oxygens (including phenoxy) is 1. The molecule has 6 nitrogen and oxygen atoms in total. The molecule has 3 N–H and O–H groups in total. The van der Waals surface area contributed by atoms with Gasteiger partial charge in [0.1, 0.15) is 11.5 Å². The van der Waals surface area contributed by atoms with Gasteiger partial charge in [0.25, 0.3) is 5.91 Å². The fourth-order valence-corrected chi connectivity index (χ4v) is 5.67. The second-order valence-corrected chi connectivity index (χ2v) is 9.29. The van der Waals surface area contributed by atoms with Gasteiger partial charge in [0.15, 0.2) is 0 Å². The Morgan fingerprint density at radius 1 is 1.06 bits per heavy atom. The Balaban J connectivity index is 1.36. The maximum atomic E-state index is 13.2. The minimum Gasteiger partial charge on any atom is -0.508 e. The third-order valence-corrected chi connectivity index (χ3v) is 7.42. The van der Waals surface area contributed by atoms with Crippen molar-refractivity contribution < 1.29 is 19.7 Å². The average Bonchev–Trinajstić information content (AvgIpc) is 3.08. The van der Waals surface area contributed by atoms with Crippen LogP contribution in [0.15, 0.2) is 72.8 Å². The van der Waals surface area contributed by atoms with Gasteiger partial charge in [-0.2, -0.15) is 0 Å². The molecule has 2 atom stereocenters. The maximum absolute atomic E-state index is 13.2. The van der Waals surface area contributed by atoms with E-state index in [1.165, 1.54) is 0 Å². The summed E-state index contributed by atoms with van der Waals surface area (Å²) < 4.78 is 5.36. The van der Waals surface area contributed by atoms with E-state index >= 15 is 0 Å². The Kier molecular flexibility index (Phi) is 6.02. The summed E-state index contributed by atoms with van der Waals surface area (Å²) in [6.07, 6.45) is 0.877. The van der Waals surface area contributed by atoms with Crippen LogP contribution in [0, 0.1) is 0 Å². The number of piperidine rings is 1. The molecule has 1 amide bonds. The van der Waals surface area contributed by atoms with Crippen LogP contribution >= 0.6 is 0 Å². The minimum absolute atomic E-state index is 0.255. The fraction of sp³-hybridized carbons (Fsp3) is 0.321. The van der Waals surface area contributed by atoms with Crippen LogP contribution in [0.25, 0.3) is 0 Å². The number of amides is 1. The monoisotopic (exact) mass is 458 g/mol. The highest BCUT2D eigenvalue weighted by Gasteiger charge is 2.53. The Morgan fingerprint density at radius 2 is 1.79 bits per heavy atom. The van der Waals surface area contributed by atoms with E-state index in [4.69, 9.17) is 4.74 Å². The molecule has 1 heterocycles. The summed E-state index contributed by atoms with van der Waals surface area (Å²) in [5.74, 6) is 0.533. The van der Waals surface area contributed by atoms with E-state index in [0.29, 0.717) is 11.3 Å². The number of benzene rings is 3. The molecule has 0 saturated carbocycles. The van der Waals surface area contributed by atoms with Crippen LogP contribution in [0.4, 0.5) is 0 Å². The molecule has 0 bridgehead atoms. The summed E-state index contributed by atoms with van der Waals surface area (Å²) >= 11 is 0. The van der Waals surface area contributed by atoms with Crippen LogP contribution in [-0.2, 0) is 12.0 Å². The molecule has 34 heavy (non-hydrogen) atoms. The number of phenolic OH excluding ortho intramolecular Hbond substituents is 1. The van der Waals surface area contributed by atoms with Gasteiger partial charge in [-0.05, 0) is 66.9 Å². The van der Waals surface area contributed by atoms with E-state index in [0.717, 1.165) is 49.2 Å². The second-order valence-electron chi connectivity index (χ2n) is 9.29. The average molecular weight is 459 g/mol. The van der Waals surface area contributed by atoms with E-state index in [1.807, 2.05) is 36.4 Å². The number of nitrogens with one attached hydrogen (secondary N) is 1. The van der Waals surface area contributed by atoms with E-state index in [1.54, 1.807) is 37.4 Å². The van der Waals surface area contributed by atoms with Gasteiger partial charge in [0, 0.05) is 12.0 Å². The molecule has 1 aliphatic carbocycles. The molecule has 1 saturated heterocycles. The maximum Gasteiger partial charge on any atom is 0.255 e. The molecular weight excluding hydrogens is 428 g/mol. The van der Waals surface area contributed by atoms with Gasteiger partial charge in [0.2, 0.25) is 0 Å². The smallest absolute Gasteiger partial charge is 0.255 e. The standard InChI is InChI=1S/C28H30N2O4/c1-34-24-12-5-3-10-22(24)27(33)29-25-21-9-2-4-11-23(21)28(26(25)32)13-15-30(16-14-28)18-19-7-6-8-20(31)17-19/h2-12,17,25-26,31-32H,13-16,18H2,1H3,(H,29,33)/t25-,26+/m1/s1. The number of nitrogens with zero attached hydrogens (tertiary/aromatic N) is 1. The highest BCUT2D eigenvalue weighted by atomic mass is 16.5. The molecule has 1 spiro atoms. The topological polar surface area (TPSA) is 82.0 Å². The van der Waals surface area contributed by atoms with E-state index in [9.17, 15) is 15.0 Å². The molecular formula is C28H30N2O4. The Morgan fingerprint density at radius 3 is 2.56 bits per heavy atom. The number of phenols is 1. The zero-order valence-electron chi connectivity index (χ0n) is 19.3. The summed E-state index contributed by atoms with van der Waals surface area (Å²) in [5.41, 5.74) is 3.25. The number of hydrogen-bond acceptors (Lipinski definition) is 5. The van der Waals surface area contributed by atoms with Crippen molar-refractivity contribution in [3.63, 3.8) is 0 Å². The van der Waals surface area contributed by atoms with Crippen LogP contribution in [0.2, 0.25) is 0 Å². The van der Waals surface area contributed by atoms with Crippen molar-refractivity contribution in [1.29, 1.82) is 0 Å². The Bertz CT molecular complexity index is 1190. The number of hydrogen-bond donors (Lipinski definition) is 3. The van der Waals surface area contributed by atoms with Crippen LogP contribution in [0.3, 0.4) is 0 Å². The lowest BCUT2D eigenvalue weighted by atomic mass is 9.72. The summed E-state index contributed by atoms with van der Waals surface area (Å²) in [4.78, 5) is 15.5. The van der Waals surface area contributed by atoms with E-state index < -0.39 is 17.6 Å². The van der Waals surface area contributed by atoms with Gasteiger partial charge in [-0.25, -0.2) is 0 Å². The number of methoxy groups -OCH3 is 1. The lowest BCUT2D eigenvalue weighted by Gasteiger charge is -2.43. The molecule has 6 heteroatoms. The molecule has 1 aliphatic heterocycles. The lowest BCUT2D eigenvalue weighted by molar-refractivity contribution is 0.0192. The minimum atomic E-state index is -0.716. The van der Waals surface area contributed by atoms with Gasteiger partial charge in [-0.1, -0.05) is 48.5 Å². The largest absolute Gasteiger partial charge is 0.508 e. The first-order valence-corrected chi connectivity index (χ1v) is 11.7. The highest BCUT2D eigenvalue weighted by molar-refractivity contribution is 5.97. The van der Waals surface area contributed by atoms with Crippen LogP contribution in [-0.4, -0.2) is 47.3 Å². The first-order valence-electron chi connectivity index (χ1n) is 11.7. The number of fused-ring (bicyclic) bond motifs is 2. The number of aromatic hydroxyl groups is 1. The SMILES string of the molecule is COc1ccccc1C(=O)N[C@@H]1c2ccccc2C2(CCN(Cc3cccc(O)c3)CC2)[C@H]1O. The lowest BCUT2D eigenvalue weighted by Crippen LogP contribution is -2.49. The third kappa shape index (κ3) is 3.93. The highest BCUT2D eigenvalue weighted by Crippen LogP contribution is 2.51. The van der Waals surface area contributed by atoms with Crippen LogP contribution < -0.4 is 10.1 Å². The molecule has 0 aromatic heterocycles. The number of carbonyl (C=O) groups excluding carboxylic acids is 1. The Labute approximate surface area is 199 Å². The predicted molar refractivity (Wildman–Crippen MR) is 130 cm³/mol. The van der Waals surface area contributed by atoms with Gasteiger partial charge < -0.3 is 20.3 Å². The number of aliphatic hydroxyl groups excluding tert-OH is 1. The molecule has 5 rings (SSSR count). The first kappa shape index (κ1) is 22.4. The van der Waals surface area contributed by atoms with Crippen molar-refractivity contribution in [3.8, 4) is 11.5 Å². The molecule has 176 valence electrons. The zero-order chi connectivity index (χ0) is 23.7. The number of likely N-dealkylation sites (tertiary alicyclic amines) is 1. The van der Waals surface area contributed by atoms with Crippen molar-refractivity contribution in [2.45, 2.75) is 36.9 Å². The van der Waals surface area contributed by atoms with Crippen LogP contribution in [0.5, 0.6) is 11.5 Å². The third-order valence-electron chi connectivity index (χ3n) is 7.42. The number of aliphatic hydroxyl groups is 1. The van der Waals surface area contributed by atoms with E-state index in [2.05, 4.69) is 16.3 Å². The van der Waals surface area contributed by atoms with Crippen molar-refractivity contribution in [1.82, 2.24) is 10.2 Å². The number of para-hydroxylation sites is 1. The van der Waals surface area contributed by atoms with Crippen molar-refractivity contribution >= 4 is 5.91 Å². The summed E-state index contributed by atoms with van der Waals surface area (Å²) in [7, 11) is 1.55. The van der Waals surface area contributed by atoms with Crippen molar-refractivity contribution in [2.24, 2.45) is 0 Å². The summed E-state index contributed by atoms with van der Waals surface area (Å²) in [5, 5.41) is 24.5. The Hall–Kier alpha value is -3.35. The summed E-state index contributed by atoms with van der Waals surface area (Å²) in [6, 6.07) is 22.1. The zero-order valence-corrected chi connectivity index (χ0v) is 19.3. The summed E-state index contributed by atoms with van der Waals surface area (Å²) in [6.45, 7) is 2.42. The number of carbonyl (C=O) groups is 1. The molecule has 0 radical (unpaired) electrons. The van der Waals surface area contributed by atoms with Crippen molar-refractivity contribution in [3.05, 3.63) is 95.1 Å². The first-order chi connectivity index (χ1) is 16.5. The second kappa shape index (κ2) is 9.12. The molecule has 2 aliphatic rings. The molecule has 3 aromatic rings. The molecule has 1 fully saturated rings. The molecule has 0 unspecified atom stereocenters. The van der Waals surface area contributed by atoms with Gasteiger partial charge >= 0.3 is 0 Å². The van der Waals surface area contributed by atoms with Gasteiger partial charge in [-0.3, -0.25) is 9.69 Å². The van der Waals surface area contributed by atoms with Gasteiger partial charge in [0.05, 0.1) is 24.8 Å². The quantitative estimate of drug-likeness (QED) is 0.542. The number of rotatable bonds is 5. The normalized spacial score (nSPS) is 21.2. The fourth-order valence-electron chi connectivity index (χ4n) is 5.67. The predicted octanol–water partition coefficient (Wildman–Crippen LogP) is 3.78. The van der Waals surface area contributed by atoms with Crippen molar-refractivity contribution in [2.75, 3.05) is 20.2 Å². The van der Waals surface area contributed by atoms with E-state index in [-0.39, 0.29) is 11.7 Å². The van der Waals surface area contributed by atoms with Crippen LogP contribution in [0.1, 0.15) is 45.9 Å². The van der Waals surface area contributed by atoms with Gasteiger partial charge in [-0.15, -0.1) is 0 Å².